The highest BCUT2D eigenvalue weighted by molar-refractivity contribution is 14.0. The molecular weight excluding hydrogens is 453 g/mol. The smallest absolute Gasteiger partial charge is 0.224 e. The molecule has 1 unspecified atom stereocenters. The van der Waals surface area contributed by atoms with Crippen LogP contribution in [-0.2, 0) is 11.3 Å². The van der Waals surface area contributed by atoms with E-state index >= 15 is 0 Å². The molecule has 1 aromatic carbocycles. The van der Waals surface area contributed by atoms with Gasteiger partial charge in [0.05, 0.1) is 12.0 Å². The Bertz CT molecular complexity index is 606. The van der Waals surface area contributed by atoms with Gasteiger partial charge in [-0.15, -0.1) is 24.0 Å². The van der Waals surface area contributed by atoms with Crippen molar-refractivity contribution in [2.45, 2.75) is 46.2 Å². The van der Waals surface area contributed by atoms with Crippen LogP contribution in [0.25, 0.3) is 0 Å². The molecule has 0 bridgehead atoms. The van der Waals surface area contributed by atoms with Crippen molar-refractivity contribution < 1.29 is 4.79 Å². The maximum Gasteiger partial charge on any atom is 0.224 e. The number of nitrogens with two attached hydrogens (primary N) is 1. The summed E-state index contributed by atoms with van der Waals surface area (Å²) in [6, 6.07) is 11.1. The minimum atomic E-state index is -0.644. The number of benzene rings is 1. The van der Waals surface area contributed by atoms with Gasteiger partial charge in [0.1, 0.15) is 0 Å². The van der Waals surface area contributed by atoms with Crippen molar-refractivity contribution in [3.05, 3.63) is 35.9 Å². The molecule has 1 atom stereocenters. The number of likely N-dealkylation sites (tertiary alicyclic amines) is 1. The monoisotopic (exact) mass is 487 g/mol. The van der Waals surface area contributed by atoms with Crippen molar-refractivity contribution in [1.82, 2.24) is 15.5 Å². The molecule has 27 heavy (non-hydrogen) atoms. The number of carbonyl (C=O) groups is 1. The van der Waals surface area contributed by atoms with E-state index in [1.54, 1.807) is 0 Å². The van der Waals surface area contributed by atoms with Gasteiger partial charge in [-0.05, 0) is 45.7 Å². The van der Waals surface area contributed by atoms with Gasteiger partial charge in [-0.2, -0.15) is 0 Å². The van der Waals surface area contributed by atoms with Gasteiger partial charge in [0.15, 0.2) is 5.96 Å². The molecular formula is C20H34IN5O. The second-order valence-corrected chi connectivity index (χ2v) is 7.58. The molecule has 1 aromatic rings. The van der Waals surface area contributed by atoms with Crippen LogP contribution in [0.15, 0.2) is 35.3 Å². The van der Waals surface area contributed by atoms with Gasteiger partial charge in [-0.3, -0.25) is 14.7 Å². The Balaban J connectivity index is 0.00000364. The number of carbonyl (C=O) groups excluding carboxylic acids is 1. The second kappa shape index (κ2) is 11.5. The lowest BCUT2D eigenvalue weighted by Gasteiger charge is -2.26. The summed E-state index contributed by atoms with van der Waals surface area (Å²) in [5.41, 5.74) is 6.15. The zero-order valence-corrected chi connectivity index (χ0v) is 19.0. The third-order valence-electron chi connectivity index (χ3n) is 4.88. The Morgan fingerprint density at radius 2 is 2.00 bits per heavy atom. The summed E-state index contributed by atoms with van der Waals surface area (Å²) in [5.74, 6) is 0.412. The molecule has 1 saturated heterocycles. The zero-order chi connectivity index (χ0) is 19.0. The minimum absolute atomic E-state index is 0. The third-order valence-corrected chi connectivity index (χ3v) is 4.88. The van der Waals surface area contributed by atoms with Gasteiger partial charge in [0.25, 0.3) is 0 Å². The van der Waals surface area contributed by atoms with Crippen LogP contribution in [-0.4, -0.2) is 49.0 Å². The fraction of sp³-hybridized carbons (Fsp3) is 0.600. The van der Waals surface area contributed by atoms with Crippen molar-refractivity contribution in [2.75, 3.05) is 26.2 Å². The minimum Gasteiger partial charge on any atom is -0.369 e. The number of primary amides is 1. The number of hydrogen-bond acceptors (Lipinski definition) is 3. The van der Waals surface area contributed by atoms with E-state index in [-0.39, 0.29) is 29.9 Å². The van der Waals surface area contributed by atoms with E-state index in [9.17, 15) is 4.79 Å². The van der Waals surface area contributed by atoms with Crippen molar-refractivity contribution in [3.63, 3.8) is 0 Å². The third kappa shape index (κ3) is 7.65. The molecule has 6 nitrogen and oxygen atoms in total. The predicted octanol–water partition coefficient (Wildman–Crippen LogP) is 2.34. The van der Waals surface area contributed by atoms with E-state index < -0.39 is 5.41 Å². The number of hydrogen-bond donors (Lipinski definition) is 3. The molecule has 1 aliphatic rings. The fourth-order valence-electron chi connectivity index (χ4n) is 3.06. The number of halogens is 1. The van der Waals surface area contributed by atoms with Crippen LogP contribution in [0.5, 0.6) is 0 Å². The first-order valence-electron chi connectivity index (χ1n) is 9.52. The number of guanidine groups is 1. The molecule has 0 saturated carbocycles. The maximum absolute atomic E-state index is 11.5. The maximum atomic E-state index is 11.5. The number of rotatable bonds is 8. The molecule has 1 heterocycles. The van der Waals surface area contributed by atoms with Gasteiger partial charge in [0.2, 0.25) is 5.91 Å². The number of amides is 1. The molecule has 1 amide bonds. The molecule has 2 rings (SSSR count). The Labute approximate surface area is 180 Å². The van der Waals surface area contributed by atoms with E-state index in [1.807, 2.05) is 20.8 Å². The molecule has 1 aliphatic heterocycles. The van der Waals surface area contributed by atoms with Crippen LogP contribution in [0.4, 0.5) is 0 Å². The van der Waals surface area contributed by atoms with E-state index in [4.69, 9.17) is 5.73 Å². The van der Waals surface area contributed by atoms with Crippen LogP contribution in [0.2, 0.25) is 0 Å². The quantitative estimate of drug-likeness (QED) is 0.299. The Hall–Kier alpha value is -1.35. The molecule has 1 fully saturated rings. The van der Waals surface area contributed by atoms with Crippen molar-refractivity contribution >= 4 is 35.8 Å². The summed E-state index contributed by atoms with van der Waals surface area (Å²) in [6.07, 6.45) is 2.41. The van der Waals surface area contributed by atoms with Crippen LogP contribution in [0.3, 0.4) is 0 Å². The topological polar surface area (TPSA) is 82.7 Å². The highest BCUT2D eigenvalue weighted by Gasteiger charge is 2.26. The van der Waals surface area contributed by atoms with Gasteiger partial charge in [-0.1, -0.05) is 30.3 Å². The number of nitrogens with one attached hydrogen (secondary N) is 2. The predicted molar refractivity (Wildman–Crippen MR) is 122 cm³/mol. The molecule has 0 aliphatic carbocycles. The van der Waals surface area contributed by atoms with Gasteiger partial charge in [0, 0.05) is 25.7 Å². The number of nitrogens with zero attached hydrogens (tertiary/aromatic N) is 2. The largest absolute Gasteiger partial charge is 0.369 e. The van der Waals surface area contributed by atoms with E-state index in [1.165, 1.54) is 18.4 Å². The molecule has 4 N–H and O–H groups in total. The Morgan fingerprint density at radius 1 is 1.30 bits per heavy atom. The van der Waals surface area contributed by atoms with Crippen LogP contribution in [0.1, 0.15) is 39.2 Å². The van der Waals surface area contributed by atoms with Gasteiger partial charge >= 0.3 is 0 Å². The lowest BCUT2D eigenvalue weighted by Crippen LogP contribution is -2.45. The highest BCUT2D eigenvalue weighted by Crippen LogP contribution is 2.19. The summed E-state index contributed by atoms with van der Waals surface area (Å²) >= 11 is 0. The first-order valence-corrected chi connectivity index (χ1v) is 9.52. The second-order valence-electron chi connectivity index (χ2n) is 7.58. The van der Waals surface area contributed by atoms with E-state index in [2.05, 4.69) is 50.9 Å². The van der Waals surface area contributed by atoms with Crippen molar-refractivity contribution in [1.29, 1.82) is 0 Å². The van der Waals surface area contributed by atoms with Gasteiger partial charge < -0.3 is 16.4 Å². The van der Waals surface area contributed by atoms with Crippen LogP contribution < -0.4 is 16.4 Å². The lowest BCUT2D eigenvalue weighted by atomic mass is 9.93. The van der Waals surface area contributed by atoms with E-state index in [0.29, 0.717) is 12.6 Å². The summed E-state index contributed by atoms with van der Waals surface area (Å²) in [4.78, 5) is 18.6. The summed E-state index contributed by atoms with van der Waals surface area (Å²) in [5, 5.41) is 6.69. The van der Waals surface area contributed by atoms with Crippen molar-refractivity contribution in [3.8, 4) is 0 Å². The summed E-state index contributed by atoms with van der Waals surface area (Å²) in [6.45, 7) is 9.78. The summed E-state index contributed by atoms with van der Waals surface area (Å²) in [7, 11) is 0. The van der Waals surface area contributed by atoms with Gasteiger partial charge in [-0.25, -0.2) is 0 Å². The SMILES string of the molecule is CCNC(=NCC(C)(C)C(N)=O)NCC1CCCN1Cc1ccccc1.I. The lowest BCUT2D eigenvalue weighted by molar-refractivity contribution is -0.125. The van der Waals surface area contributed by atoms with Crippen LogP contribution in [0, 0.1) is 5.41 Å². The molecule has 0 aromatic heterocycles. The Morgan fingerprint density at radius 3 is 2.63 bits per heavy atom. The zero-order valence-electron chi connectivity index (χ0n) is 16.7. The normalized spacial score (nSPS) is 18.0. The summed E-state index contributed by atoms with van der Waals surface area (Å²) < 4.78 is 0. The van der Waals surface area contributed by atoms with E-state index in [0.717, 1.165) is 32.1 Å². The van der Waals surface area contributed by atoms with Crippen LogP contribution >= 0.6 is 24.0 Å². The molecule has 0 radical (unpaired) electrons. The average Bonchev–Trinajstić information content (AvgIpc) is 3.05. The average molecular weight is 487 g/mol. The fourth-order valence-corrected chi connectivity index (χ4v) is 3.06. The number of aliphatic imine (C=N–C) groups is 1. The van der Waals surface area contributed by atoms with Crippen molar-refractivity contribution in [2.24, 2.45) is 16.1 Å². The highest BCUT2D eigenvalue weighted by atomic mass is 127. The standard InChI is InChI=1S/C20H33N5O.HI/c1-4-22-19(24-15-20(2,3)18(21)26)23-13-17-11-8-12-25(17)14-16-9-6-5-7-10-16;/h5-7,9-10,17H,4,8,11-15H2,1-3H3,(H2,21,26)(H2,22,23,24);1H. The first kappa shape index (κ1) is 23.7. The molecule has 152 valence electrons. The Kier molecular flexibility index (Phi) is 10.1. The molecule has 7 heteroatoms. The molecule has 0 spiro atoms. The first-order chi connectivity index (χ1) is 12.4.